The zero-order valence-corrected chi connectivity index (χ0v) is 33.9. The number of hydrogen-bond donors (Lipinski definition) is 3. The van der Waals surface area contributed by atoms with E-state index in [1.807, 2.05) is 50.4 Å². The van der Waals surface area contributed by atoms with Gasteiger partial charge in [0.15, 0.2) is 19.6 Å². The van der Waals surface area contributed by atoms with Crippen molar-refractivity contribution in [3.63, 3.8) is 0 Å². The highest BCUT2D eigenvalue weighted by Gasteiger charge is 2.33. The maximum atomic E-state index is 6.51. The average molecular weight is 833 g/mol. The lowest BCUT2D eigenvalue weighted by molar-refractivity contribution is -0.753. The SMILES string of the molecule is Nc1on[n+](CCCCc2ccccc2)c1-c1cc(-c2c(N)on[n+]2CCCCc2ccccc2)cc(-c2c(N)on[n+]2CCCCc2ccccc2)c1.[Cl-].[Cl-].[Cl-]. The third-order valence-corrected chi connectivity index (χ3v) is 9.73. The van der Waals surface area contributed by atoms with Crippen molar-refractivity contribution >= 4 is 17.7 Å². The molecule has 7 aromatic rings. The molecule has 0 aliphatic rings. The summed E-state index contributed by atoms with van der Waals surface area (Å²) in [5.41, 5.74) is 27.8. The first-order valence-corrected chi connectivity index (χ1v) is 18.8. The minimum absolute atomic E-state index is 0. The minimum Gasteiger partial charge on any atom is -1.00 e. The number of aryl methyl sites for hydroxylation is 6. The molecule has 3 heterocycles. The molecular weight excluding hydrogens is 785 g/mol. The summed E-state index contributed by atoms with van der Waals surface area (Å²) in [6.45, 7) is 1.86. The smallest absolute Gasteiger partial charge is 0.304 e. The number of halogens is 3. The summed E-state index contributed by atoms with van der Waals surface area (Å²) in [5, 5.41) is 13.0. The van der Waals surface area contributed by atoms with Crippen molar-refractivity contribution in [2.24, 2.45) is 0 Å². The molecule has 6 N–H and O–H groups in total. The predicted octanol–water partition coefficient (Wildman–Crippen LogP) is -2.66. The van der Waals surface area contributed by atoms with Gasteiger partial charge in [0, 0.05) is 19.3 Å². The molecule has 15 heteroatoms. The Hall–Kier alpha value is -5.43. The van der Waals surface area contributed by atoms with Crippen LogP contribution in [0.4, 0.5) is 17.7 Å². The predicted molar refractivity (Wildman–Crippen MR) is 205 cm³/mol. The molecule has 0 saturated heterocycles. The third kappa shape index (κ3) is 11.3. The maximum absolute atomic E-state index is 6.51. The first kappa shape index (κ1) is 44.3. The van der Waals surface area contributed by atoms with Gasteiger partial charge in [-0.25, -0.2) is 0 Å². The summed E-state index contributed by atoms with van der Waals surface area (Å²) in [6, 6.07) is 37.5. The molecule has 0 amide bonds. The molecule has 4 aromatic carbocycles. The summed E-state index contributed by atoms with van der Waals surface area (Å²) >= 11 is 0. The van der Waals surface area contributed by atoms with Gasteiger partial charge in [-0.05, 0) is 87.5 Å². The number of benzene rings is 4. The summed E-state index contributed by atoms with van der Waals surface area (Å²) in [6.07, 6.45) is 8.52. The van der Waals surface area contributed by atoms with E-state index in [0.29, 0.717) is 36.7 Å². The molecule has 0 aliphatic carbocycles. The Morgan fingerprint density at radius 1 is 0.386 bits per heavy atom. The second-order valence-corrected chi connectivity index (χ2v) is 13.7. The monoisotopic (exact) mass is 831 g/mol. The summed E-state index contributed by atoms with van der Waals surface area (Å²) in [7, 11) is 0. The van der Waals surface area contributed by atoms with Gasteiger partial charge in [0.1, 0.15) is 0 Å². The molecule has 0 bridgehead atoms. The fraction of sp³-hybridized carbons (Fsp3) is 0.286. The zero-order chi connectivity index (χ0) is 37.1. The topological polar surface area (TPSA) is 168 Å². The summed E-state index contributed by atoms with van der Waals surface area (Å²) < 4.78 is 22.3. The highest BCUT2D eigenvalue weighted by molar-refractivity contribution is 5.82. The van der Waals surface area contributed by atoms with E-state index in [4.69, 9.17) is 30.8 Å². The molecule has 0 spiro atoms. The number of nitrogen functional groups attached to an aromatic ring is 3. The molecule has 7 rings (SSSR count). The highest BCUT2D eigenvalue weighted by Crippen LogP contribution is 2.35. The van der Waals surface area contributed by atoms with Crippen LogP contribution in [0.15, 0.2) is 123 Å². The van der Waals surface area contributed by atoms with Crippen LogP contribution >= 0.6 is 0 Å². The highest BCUT2D eigenvalue weighted by atomic mass is 35.5. The number of rotatable bonds is 18. The molecule has 0 radical (unpaired) electrons. The molecule has 0 saturated carbocycles. The summed E-state index contributed by atoms with van der Waals surface area (Å²) in [5.74, 6) is 0.626. The van der Waals surface area contributed by atoms with Gasteiger partial charge in [0.05, 0.1) is 16.7 Å². The van der Waals surface area contributed by atoms with Crippen LogP contribution in [0.1, 0.15) is 55.2 Å². The molecule has 300 valence electrons. The zero-order valence-electron chi connectivity index (χ0n) is 31.7. The standard InChI is InChI=1S/C42H48N9O3.3ClH/c43-40-37(49(46-52-40)25-13-10-22-31-16-4-1-5-17-31)34-28-35(38-41(44)53-47-50(38)26-14-11-23-32-18-6-2-7-19-32)30-36(29-34)39-42(45)54-48-51(39)27-15-12-24-33-20-8-3-9-21-33;;;/h1-9,16-21,28-30H,10-15,22-27,43-45H2;3*1H/q+3;;;/p-3. The Bertz CT molecular complexity index is 1990. The number of aromatic nitrogens is 6. The van der Waals surface area contributed by atoms with Gasteiger partial charge in [-0.3, -0.25) is 13.6 Å². The van der Waals surface area contributed by atoms with Gasteiger partial charge in [-0.2, -0.15) is 0 Å². The molecular formula is C42H48Cl3N9O3. The lowest BCUT2D eigenvalue weighted by Gasteiger charge is -2.05. The molecule has 57 heavy (non-hydrogen) atoms. The average Bonchev–Trinajstić information content (AvgIpc) is 3.89. The van der Waals surface area contributed by atoms with E-state index in [1.54, 1.807) is 0 Å². The van der Waals surface area contributed by atoms with Crippen LogP contribution in [0, 0.1) is 0 Å². The Balaban J connectivity index is 0.00000240. The van der Waals surface area contributed by atoms with Gasteiger partial charge in [0.2, 0.25) is 15.8 Å². The van der Waals surface area contributed by atoms with Crippen molar-refractivity contribution in [1.29, 1.82) is 0 Å². The largest absolute Gasteiger partial charge is 1.00 e. The van der Waals surface area contributed by atoms with Crippen LogP contribution in [0.25, 0.3) is 33.8 Å². The molecule has 12 nitrogen and oxygen atoms in total. The van der Waals surface area contributed by atoms with Gasteiger partial charge < -0.3 is 54.4 Å². The number of hydrogen-bond acceptors (Lipinski definition) is 9. The van der Waals surface area contributed by atoms with Gasteiger partial charge in [-0.1, -0.05) is 91.0 Å². The number of nitrogens with two attached hydrogens (primary N) is 3. The number of nitrogens with zero attached hydrogens (tertiary/aromatic N) is 6. The Kier molecular flexibility index (Phi) is 16.9. The van der Waals surface area contributed by atoms with Crippen molar-refractivity contribution in [3.8, 4) is 33.8 Å². The fourth-order valence-corrected chi connectivity index (χ4v) is 6.99. The first-order chi connectivity index (χ1) is 26.5. The summed E-state index contributed by atoms with van der Waals surface area (Å²) in [4.78, 5) is 0. The van der Waals surface area contributed by atoms with Crippen LogP contribution in [0.3, 0.4) is 0 Å². The fourth-order valence-electron chi connectivity index (χ4n) is 6.99. The lowest BCUT2D eigenvalue weighted by Crippen LogP contribution is -3.00. The van der Waals surface area contributed by atoms with E-state index >= 15 is 0 Å². The van der Waals surface area contributed by atoms with E-state index in [0.717, 1.165) is 74.5 Å². The second kappa shape index (κ2) is 21.8. The Morgan fingerprint density at radius 2 is 0.649 bits per heavy atom. The Morgan fingerprint density at radius 3 is 0.912 bits per heavy atom. The molecule has 3 aromatic heterocycles. The van der Waals surface area contributed by atoms with E-state index in [9.17, 15) is 0 Å². The first-order valence-electron chi connectivity index (χ1n) is 18.8. The van der Waals surface area contributed by atoms with Gasteiger partial charge in [-0.15, -0.1) is 0 Å². The van der Waals surface area contributed by atoms with Crippen LogP contribution in [-0.2, 0) is 38.9 Å². The minimum atomic E-state index is 0. The number of anilines is 3. The lowest BCUT2D eigenvalue weighted by atomic mass is 9.99. The van der Waals surface area contributed by atoms with Crippen LogP contribution < -0.4 is 68.5 Å². The van der Waals surface area contributed by atoms with E-state index in [2.05, 4.69) is 88.6 Å². The van der Waals surface area contributed by atoms with Gasteiger partial charge >= 0.3 is 34.7 Å². The van der Waals surface area contributed by atoms with Crippen molar-refractivity contribution < 1.29 is 64.8 Å². The van der Waals surface area contributed by atoms with Gasteiger partial charge in [0.25, 0.3) is 0 Å². The molecule has 0 atom stereocenters. The van der Waals surface area contributed by atoms with Crippen LogP contribution in [-0.4, -0.2) is 15.8 Å². The molecule has 0 aliphatic heterocycles. The van der Waals surface area contributed by atoms with Crippen LogP contribution in [0.2, 0.25) is 0 Å². The van der Waals surface area contributed by atoms with Crippen molar-refractivity contribution in [2.75, 3.05) is 17.2 Å². The van der Waals surface area contributed by atoms with Crippen molar-refractivity contribution in [2.45, 2.75) is 77.4 Å². The maximum Gasteiger partial charge on any atom is 0.304 e. The van der Waals surface area contributed by atoms with E-state index in [1.165, 1.54) is 16.7 Å². The second-order valence-electron chi connectivity index (χ2n) is 13.7. The third-order valence-electron chi connectivity index (χ3n) is 9.73. The van der Waals surface area contributed by atoms with Crippen molar-refractivity contribution in [1.82, 2.24) is 15.8 Å². The molecule has 0 unspecified atom stereocenters. The van der Waals surface area contributed by atoms with Crippen LogP contribution in [0.5, 0.6) is 0 Å². The van der Waals surface area contributed by atoms with E-state index in [-0.39, 0.29) is 54.9 Å². The Labute approximate surface area is 351 Å². The van der Waals surface area contributed by atoms with E-state index < -0.39 is 0 Å². The quantitative estimate of drug-likeness (QED) is 0.0619. The van der Waals surface area contributed by atoms with Crippen molar-refractivity contribution in [3.05, 3.63) is 126 Å². The normalized spacial score (nSPS) is 10.7. The molecule has 0 fully saturated rings. The number of unbranched alkanes of at least 4 members (excludes halogenated alkanes) is 3.